The van der Waals surface area contributed by atoms with Crippen LogP contribution in [0.1, 0.15) is 226 Å². The normalized spacial score (nSPS) is 14.2. The van der Waals surface area contributed by atoms with Crippen LogP contribution in [-0.2, 0) is 18.4 Å². The minimum absolute atomic E-state index is 0.0810. The van der Waals surface area contributed by atoms with Crippen LogP contribution in [-0.4, -0.2) is 47.8 Å². The molecule has 5 N–H and O–H groups in total. The van der Waals surface area contributed by atoms with E-state index in [1.807, 2.05) is 6.08 Å². The van der Waals surface area contributed by atoms with Gasteiger partial charge in [0.1, 0.15) is 0 Å². The van der Waals surface area contributed by atoms with Crippen molar-refractivity contribution in [2.75, 3.05) is 19.8 Å². The second-order valence-corrected chi connectivity index (χ2v) is 16.7. The number of unbranched alkanes of at least 4 members (excludes halogenated alkanes) is 30. The molecule has 0 aromatic carbocycles. The van der Waals surface area contributed by atoms with Gasteiger partial charge in [0.2, 0.25) is 5.91 Å². The van der Waals surface area contributed by atoms with Gasteiger partial charge in [-0.3, -0.25) is 13.8 Å². The molecule has 0 aromatic heterocycles. The van der Waals surface area contributed by atoms with Crippen molar-refractivity contribution in [3.63, 3.8) is 0 Å². The Morgan fingerprint density at radius 1 is 0.615 bits per heavy atom. The van der Waals surface area contributed by atoms with E-state index >= 15 is 0 Å². The highest BCUT2D eigenvalue weighted by Gasteiger charge is 2.26. The molecule has 310 valence electrons. The van der Waals surface area contributed by atoms with Crippen molar-refractivity contribution in [2.45, 2.75) is 238 Å². The zero-order valence-corrected chi connectivity index (χ0v) is 35.2. The number of phosphoric ester groups is 1. The average Bonchev–Trinajstić information content (AvgIpc) is 3.13. The number of hydrogen-bond acceptors (Lipinski definition) is 6. The summed E-state index contributed by atoms with van der Waals surface area (Å²) in [5, 5.41) is 13.6. The first-order chi connectivity index (χ1) is 25.4. The minimum atomic E-state index is -4.33. The summed E-state index contributed by atoms with van der Waals surface area (Å²) in [4.78, 5) is 22.6. The van der Waals surface area contributed by atoms with Gasteiger partial charge in [0, 0.05) is 13.0 Å². The van der Waals surface area contributed by atoms with Gasteiger partial charge in [-0.15, -0.1) is 0 Å². The molecule has 0 saturated carbocycles. The zero-order valence-electron chi connectivity index (χ0n) is 34.3. The lowest BCUT2D eigenvalue weighted by molar-refractivity contribution is -0.123. The maximum absolute atomic E-state index is 12.7. The molecule has 1 amide bonds. The fourth-order valence-electron chi connectivity index (χ4n) is 6.72. The number of nitrogens with one attached hydrogen (secondary N) is 1. The summed E-state index contributed by atoms with van der Waals surface area (Å²) >= 11 is 0. The fourth-order valence-corrected chi connectivity index (χ4v) is 7.48. The molecule has 9 heteroatoms. The summed E-state index contributed by atoms with van der Waals surface area (Å²) in [5.74, 6) is -0.192. The lowest BCUT2D eigenvalue weighted by Crippen LogP contribution is -2.45. The van der Waals surface area contributed by atoms with Crippen LogP contribution in [0, 0.1) is 0 Å². The van der Waals surface area contributed by atoms with E-state index in [0.717, 1.165) is 38.5 Å². The van der Waals surface area contributed by atoms with Gasteiger partial charge in [-0.2, -0.15) is 0 Å². The van der Waals surface area contributed by atoms with Crippen LogP contribution in [0.5, 0.6) is 0 Å². The number of phosphoric acid groups is 1. The third kappa shape index (κ3) is 37.6. The maximum atomic E-state index is 12.7. The number of nitrogens with two attached hydrogens (primary N) is 1. The van der Waals surface area contributed by atoms with E-state index in [-0.39, 0.29) is 25.7 Å². The van der Waals surface area contributed by atoms with Crippen LogP contribution >= 0.6 is 7.82 Å². The Bertz CT molecular complexity index is 829. The molecule has 0 saturated heterocycles. The van der Waals surface area contributed by atoms with Gasteiger partial charge in [-0.25, -0.2) is 4.57 Å². The van der Waals surface area contributed by atoms with E-state index in [1.165, 1.54) is 167 Å². The first kappa shape index (κ1) is 51.2. The topological polar surface area (TPSA) is 131 Å². The maximum Gasteiger partial charge on any atom is 0.472 e. The Kier molecular flexibility index (Phi) is 39.3. The Balaban J connectivity index is 3.95. The predicted molar refractivity (Wildman–Crippen MR) is 222 cm³/mol. The third-order valence-corrected chi connectivity index (χ3v) is 11.1. The van der Waals surface area contributed by atoms with Gasteiger partial charge in [0.05, 0.1) is 25.4 Å². The number of aliphatic hydroxyl groups excluding tert-OH is 1. The van der Waals surface area contributed by atoms with Gasteiger partial charge in [-0.1, -0.05) is 212 Å². The molecule has 0 aliphatic rings. The number of aliphatic hydroxyl groups is 1. The lowest BCUT2D eigenvalue weighted by Gasteiger charge is -2.23. The quantitative estimate of drug-likeness (QED) is 0.0277. The second-order valence-electron chi connectivity index (χ2n) is 15.3. The van der Waals surface area contributed by atoms with E-state index in [4.69, 9.17) is 14.8 Å². The Morgan fingerprint density at radius 3 is 1.37 bits per heavy atom. The predicted octanol–water partition coefficient (Wildman–Crippen LogP) is 12.4. The van der Waals surface area contributed by atoms with Crippen LogP contribution in [0.2, 0.25) is 0 Å². The Labute approximate surface area is 322 Å². The molecular formula is C43H87N2O6P. The van der Waals surface area contributed by atoms with Gasteiger partial charge in [0.25, 0.3) is 0 Å². The molecule has 8 nitrogen and oxygen atoms in total. The van der Waals surface area contributed by atoms with E-state index in [1.54, 1.807) is 6.08 Å². The van der Waals surface area contributed by atoms with Crippen LogP contribution in [0.25, 0.3) is 0 Å². The van der Waals surface area contributed by atoms with Gasteiger partial charge < -0.3 is 21.1 Å². The summed E-state index contributed by atoms with van der Waals surface area (Å²) in [7, 11) is -4.33. The van der Waals surface area contributed by atoms with Crippen molar-refractivity contribution < 1.29 is 28.4 Å². The summed E-state index contributed by atoms with van der Waals surface area (Å²) in [6.07, 6.45) is 44.3. The molecule has 0 fully saturated rings. The van der Waals surface area contributed by atoms with Gasteiger partial charge >= 0.3 is 7.82 Å². The SMILES string of the molecule is CCCCCCCCC/C=C/[C@@H](O)[C@H](COP(=O)(O)OCCN)NC(=O)CCCCCCCCCCCCCCCCCCCCCCCCCC. The first-order valence-corrected chi connectivity index (χ1v) is 23.8. The summed E-state index contributed by atoms with van der Waals surface area (Å²) in [6, 6.07) is -0.853. The molecule has 0 rings (SSSR count). The summed E-state index contributed by atoms with van der Waals surface area (Å²) < 4.78 is 22.0. The number of allylic oxidation sites excluding steroid dienone is 1. The van der Waals surface area contributed by atoms with Crippen LogP contribution in [0.4, 0.5) is 0 Å². The lowest BCUT2D eigenvalue weighted by atomic mass is 10.0. The molecule has 0 aromatic rings. The molecule has 0 radical (unpaired) electrons. The van der Waals surface area contributed by atoms with Gasteiger partial charge in [0.15, 0.2) is 0 Å². The van der Waals surface area contributed by atoms with Crippen molar-refractivity contribution in [2.24, 2.45) is 5.73 Å². The number of carbonyl (C=O) groups excluding carboxylic acids is 1. The number of hydrogen-bond donors (Lipinski definition) is 4. The van der Waals surface area contributed by atoms with Crippen molar-refractivity contribution in [1.82, 2.24) is 5.32 Å². The standard InChI is InChI=1S/C43H87N2O6P/c1-3-5-7-9-11-13-14-15-16-17-18-19-20-21-22-23-24-25-26-27-29-31-33-35-37-43(47)45-41(40-51-52(48,49)50-39-38-44)42(46)36-34-32-30-28-12-10-8-6-4-2/h34,36,41-42,46H,3-33,35,37-40,44H2,1-2H3,(H,45,47)(H,48,49)/b36-34+/t41-,42+/m0/s1. The van der Waals surface area contributed by atoms with Crippen molar-refractivity contribution in [3.8, 4) is 0 Å². The zero-order chi connectivity index (χ0) is 38.2. The average molecular weight is 759 g/mol. The molecule has 0 aliphatic carbocycles. The fraction of sp³-hybridized carbons (Fsp3) is 0.930. The highest BCUT2D eigenvalue weighted by atomic mass is 31.2. The number of rotatable bonds is 42. The summed E-state index contributed by atoms with van der Waals surface area (Å²) in [6.45, 7) is 4.12. The van der Waals surface area contributed by atoms with E-state index in [0.29, 0.717) is 6.42 Å². The highest BCUT2D eigenvalue weighted by molar-refractivity contribution is 7.47. The van der Waals surface area contributed by atoms with E-state index in [9.17, 15) is 19.4 Å². The van der Waals surface area contributed by atoms with Gasteiger partial charge in [-0.05, 0) is 19.3 Å². The van der Waals surface area contributed by atoms with E-state index < -0.39 is 20.0 Å². The molecule has 0 bridgehead atoms. The molecule has 0 heterocycles. The van der Waals surface area contributed by atoms with E-state index in [2.05, 4.69) is 19.2 Å². The minimum Gasteiger partial charge on any atom is -0.387 e. The molecule has 1 unspecified atom stereocenters. The number of carbonyl (C=O) groups is 1. The third-order valence-electron chi connectivity index (χ3n) is 10.1. The Hall–Kier alpha value is -0.760. The molecule has 0 aliphatic heterocycles. The smallest absolute Gasteiger partial charge is 0.387 e. The van der Waals surface area contributed by atoms with Crippen molar-refractivity contribution in [1.29, 1.82) is 0 Å². The molecule has 0 spiro atoms. The first-order valence-electron chi connectivity index (χ1n) is 22.3. The molecular weight excluding hydrogens is 671 g/mol. The van der Waals surface area contributed by atoms with Crippen LogP contribution in [0.15, 0.2) is 12.2 Å². The van der Waals surface area contributed by atoms with Crippen LogP contribution in [0.3, 0.4) is 0 Å². The Morgan fingerprint density at radius 2 is 0.981 bits per heavy atom. The summed E-state index contributed by atoms with van der Waals surface area (Å²) in [5.41, 5.74) is 5.36. The highest BCUT2D eigenvalue weighted by Crippen LogP contribution is 2.43. The second kappa shape index (κ2) is 39.9. The van der Waals surface area contributed by atoms with Crippen LogP contribution < -0.4 is 11.1 Å². The largest absolute Gasteiger partial charge is 0.472 e. The van der Waals surface area contributed by atoms with Crippen molar-refractivity contribution in [3.05, 3.63) is 12.2 Å². The number of amides is 1. The monoisotopic (exact) mass is 759 g/mol. The van der Waals surface area contributed by atoms with Crippen molar-refractivity contribution >= 4 is 13.7 Å². The molecule has 3 atom stereocenters. The molecule has 52 heavy (non-hydrogen) atoms.